The van der Waals surface area contributed by atoms with E-state index in [9.17, 15) is 22.8 Å². The van der Waals surface area contributed by atoms with Crippen LogP contribution in [0.4, 0.5) is 0 Å². The van der Waals surface area contributed by atoms with Gasteiger partial charge in [-0.1, -0.05) is 24.3 Å². The summed E-state index contributed by atoms with van der Waals surface area (Å²) in [5, 5.41) is 4.71. The van der Waals surface area contributed by atoms with Crippen LogP contribution < -0.4 is 14.8 Å². The molecular weight excluding hydrogens is 570 g/mol. The molecule has 0 radical (unpaired) electrons. The van der Waals surface area contributed by atoms with Crippen molar-refractivity contribution in [3.05, 3.63) is 76.0 Å². The highest BCUT2D eigenvalue weighted by molar-refractivity contribution is 7.90. The number of hydrogen-bond acceptors (Lipinski definition) is 9. The van der Waals surface area contributed by atoms with Gasteiger partial charge in [-0.05, 0) is 54.1 Å². The van der Waals surface area contributed by atoms with E-state index < -0.39 is 40.3 Å². The van der Waals surface area contributed by atoms with E-state index in [2.05, 4.69) is 5.32 Å². The van der Waals surface area contributed by atoms with Gasteiger partial charge in [-0.25, -0.2) is 12.7 Å². The summed E-state index contributed by atoms with van der Waals surface area (Å²) in [6.07, 6.45) is 1.61. The molecule has 3 aliphatic rings. The fraction of sp³-hybridized carbons (Fsp3) is 0.321. The molecule has 11 nitrogen and oxygen atoms in total. The van der Waals surface area contributed by atoms with E-state index in [4.69, 9.17) is 14.2 Å². The molecule has 0 bridgehead atoms. The molecule has 13 heteroatoms. The first-order valence-corrected chi connectivity index (χ1v) is 15.4. The van der Waals surface area contributed by atoms with Gasteiger partial charge in [0.1, 0.15) is 17.5 Å². The van der Waals surface area contributed by atoms with E-state index in [1.165, 1.54) is 34.4 Å². The van der Waals surface area contributed by atoms with Gasteiger partial charge >= 0.3 is 0 Å². The summed E-state index contributed by atoms with van der Waals surface area (Å²) in [6.45, 7) is 0.160. The fourth-order valence-corrected chi connectivity index (χ4v) is 7.50. The molecule has 3 aliphatic heterocycles. The predicted octanol–water partition coefficient (Wildman–Crippen LogP) is 2.69. The summed E-state index contributed by atoms with van der Waals surface area (Å²) in [4.78, 5) is 42.6. The zero-order valence-electron chi connectivity index (χ0n) is 21.9. The van der Waals surface area contributed by atoms with E-state index >= 15 is 0 Å². The largest absolute Gasteiger partial charge is 0.454 e. The average Bonchev–Trinajstić information content (AvgIpc) is 3.78. The van der Waals surface area contributed by atoms with Crippen LogP contribution in [0.25, 0.3) is 0 Å². The Bertz CT molecular complexity index is 1590. The molecule has 0 aliphatic carbocycles. The number of rotatable bonds is 9. The number of carbonyl (C=O) groups excluding carboxylic acids is 3. The number of hydrogen-bond donors (Lipinski definition) is 1. The highest BCUT2D eigenvalue weighted by Crippen LogP contribution is 2.35. The molecule has 3 amide bonds. The molecule has 2 atom stereocenters. The van der Waals surface area contributed by atoms with Gasteiger partial charge in [-0.2, -0.15) is 0 Å². The van der Waals surface area contributed by atoms with E-state index in [0.717, 1.165) is 12.8 Å². The summed E-state index contributed by atoms with van der Waals surface area (Å²) < 4.78 is 43.6. The topological polar surface area (TPSA) is 132 Å². The number of sulfonamides is 1. The van der Waals surface area contributed by atoms with Crippen LogP contribution in [-0.2, 0) is 30.9 Å². The zero-order chi connectivity index (χ0) is 28.6. The zero-order valence-corrected chi connectivity index (χ0v) is 23.5. The summed E-state index contributed by atoms with van der Waals surface area (Å²) in [7, 11) is -4.24. The van der Waals surface area contributed by atoms with Crippen LogP contribution in [0, 0.1) is 0 Å². The van der Waals surface area contributed by atoms with Crippen molar-refractivity contribution in [2.24, 2.45) is 0 Å². The fourth-order valence-electron chi connectivity index (χ4n) is 5.15. The van der Waals surface area contributed by atoms with Crippen LogP contribution in [0.2, 0.25) is 0 Å². The number of nitrogens with one attached hydrogen (secondary N) is 1. The van der Waals surface area contributed by atoms with Gasteiger partial charge in [-0.15, -0.1) is 11.3 Å². The van der Waals surface area contributed by atoms with Gasteiger partial charge < -0.3 is 24.4 Å². The lowest BCUT2D eigenvalue weighted by Gasteiger charge is -2.32. The molecule has 4 heterocycles. The second-order valence-electron chi connectivity index (χ2n) is 9.82. The average molecular weight is 598 g/mol. The Balaban J connectivity index is 1.33. The minimum Gasteiger partial charge on any atom is -0.454 e. The Kier molecular flexibility index (Phi) is 7.41. The Morgan fingerprint density at radius 2 is 1.93 bits per heavy atom. The molecule has 1 N–H and O–H groups in total. The number of nitrogens with zero attached hydrogens (tertiary/aromatic N) is 2. The van der Waals surface area contributed by atoms with Gasteiger partial charge in [0.05, 0.1) is 11.7 Å². The summed E-state index contributed by atoms with van der Waals surface area (Å²) in [5.74, 6) is -0.873. The lowest BCUT2D eigenvalue weighted by molar-refractivity contribution is -0.141. The van der Waals surface area contributed by atoms with Crippen LogP contribution >= 0.6 is 11.3 Å². The number of benzene rings is 2. The second-order valence-corrected chi connectivity index (χ2v) is 12.6. The maximum absolute atomic E-state index is 14.0. The van der Waals surface area contributed by atoms with Crippen molar-refractivity contribution in [2.45, 2.75) is 36.4 Å². The monoisotopic (exact) mass is 597 g/mol. The van der Waals surface area contributed by atoms with E-state index in [0.29, 0.717) is 32.9 Å². The van der Waals surface area contributed by atoms with Crippen molar-refractivity contribution < 1.29 is 37.0 Å². The molecule has 41 heavy (non-hydrogen) atoms. The number of thiophene rings is 1. The molecule has 2 aromatic carbocycles. The van der Waals surface area contributed by atoms with Gasteiger partial charge in [0.25, 0.3) is 15.9 Å². The summed E-state index contributed by atoms with van der Waals surface area (Å²) in [5.41, 5.74) is 0.640. The maximum Gasteiger partial charge on any atom is 0.269 e. The van der Waals surface area contributed by atoms with E-state index in [-0.39, 0.29) is 36.4 Å². The molecule has 3 aromatic rings. The molecule has 0 unspecified atom stereocenters. The lowest BCUT2D eigenvalue weighted by Crippen LogP contribution is -2.48. The van der Waals surface area contributed by atoms with Crippen molar-refractivity contribution in [1.29, 1.82) is 0 Å². The Morgan fingerprint density at radius 1 is 1.10 bits per heavy atom. The highest BCUT2D eigenvalue weighted by Gasteiger charge is 2.44. The smallest absolute Gasteiger partial charge is 0.269 e. The molecule has 1 fully saturated rings. The standard InChI is InChI=1S/C28H27N3O8S2/c32-25(16-31-28(34)20-6-1-2-8-24(20)41(31,35)36)30(15-18-9-10-21-22(13-18)39-17-38-21)26(23-7-4-12-40-23)27(33)29-14-19-5-3-11-37-19/h1-2,4,6-10,12-13,19,26H,3,5,11,14-17H2,(H,29,33)/t19-,26+/m1/s1. The normalized spacial score (nSPS) is 19.2. The Labute approximate surface area is 240 Å². The van der Waals surface area contributed by atoms with Crippen LogP contribution in [0.15, 0.2) is 64.9 Å². The molecule has 214 valence electrons. The maximum atomic E-state index is 14.0. The SMILES string of the molecule is O=C(NC[C@H]1CCCO1)[C@H](c1cccs1)N(Cc1ccc2c(c1)OCO2)C(=O)CN1C(=O)c2ccccc2S1(=O)=O. The third-order valence-corrected chi connectivity index (χ3v) is 9.91. The Hall–Kier alpha value is -3.94. The number of ether oxygens (including phenoxy) is 3. The van der Waals surface area contributed by atoms with Gasteiger partial charge in [0, 0.05) is 24.6 Å². The summed E-state index contributed by atoms with van der Waals surface area (Å²) >= 11 is 1.30. The van der Waals surface area contributed by atoms with Crippen molar-refractivity contribution >= 4 is 39.1 Å². The van der Waals surface area contributed by atoms with Crippen LogP contribution in [-0.4, -0.2) is 67.9 Å². The minimum absolute atomic E-state index is 0.00624. The van der Waals surface area contributed by atoms with Crippen LogP contribution in [0.3, 0.4) is 0 Å². The second kappa shape index (κ2) is 11.1. The molecule has 1 aromatic heterocycles. The molecule has 0 saturated carbocycles. The van der Waals surface area contributed by atoms with Gasteiger partial charge in [0.15, 0.2) is 11.5 Å². The van der Waals surface area contributed by atoms with Crippen molar-refractivity contribution in [1.82, 2.24) is 14.5 Å². The highest BCUT2D eigenvalue weighted by atomic mass is 32.2. The summed E-state index contributed by atoms with van der Waals surface area (Å²) in [6, 6.07) is 13.4. The minimum atomic E-state index is -4.24. The first-order valence-electron chi connectivity index (χ1n) is 13.1. The first kappa shape index (κ1) is 27.2. The number of carbonyl (C=O) groups is 3. The molecule has 1 saturated heterocycles. The number of fused-ring (bicyclic) bond motifs is 2. The third-order valence-electron chi connectivity index (χ3n) is 7.20. The van der Waals surface area contributed by atoms with Gasteiger partial charge in [-0.3, -0.25) is 14.4 Å². The predicted molar refractivity (Wildman–Crippen MR) is 147 cm³/mol. The van der Waals surface area contributed by atoms with Gasteiger partial charge in [0.2, 0.25) is 18.6 Å². The Morgan fingerprint density at radius 3 is 2.68 bits per heavy atom. The van der Waals surface area contributed by atoms with Crippen molar-refractivity contribution in [2.75, 3.05) is 26.5 Å². The molecule has 6 rings (SSSR count). The lowest BCUT2D eigenvalue weighted by atomic mass is 10.1. The quantitative estimate of drug-likeness (QED) is 0.398. The third kappa shape index (κ3) is 5.27. The first-order chi connectivity index (χ1) is 19.8. The van der Waals surface area contributed by atoms with Crippen LogP contribution in [0.1, 0.15) is 39.7 Å². The molecular formula is C28H27N3O8S2. The van der Waals surface area contributed by atoms with Crippen molar-refractivity contribution in [3.8, 4) is 11.5 Å². The van der Waals surface area contributed by atoms with E-state index in [1.807, 2.05) is 0 Å². The van der Waals surface area contributed by atoms with E-state index in [1.54, 1.807) is 41.8 Å². The molecule has 0 spiro atoms. The van der Waals surface area contributed by atoms with Crippen LogP contribution in [0.5, 0.6) is 11.5 Å². The number of amides is 3. The van der Waals surface area contributed by atoms with Crippen molar-refractivity contribution in [3.63, 3.8) is 0 Å².